The molecule has 138 valence electrons. The Bertz CT molecular complexity index is 1210. The van der Waals surface area contributed by atoms with Crippen LogP contribution >= 0.6 is 0 Å². The number of aromatic nitrogens is 1. The minimum absolute atomic E-state index is 0.0156. The maximum atomic E-state index is 13.2. The van der Waals surface area contributed by atoms with Gasteiger partial charge in [-0.1, -0.05) is 48.5 Å². The monoisotopic (exact) mass is 368 g/mol. The van der Waals surface area contributed by atoms with Crippen LogP contribution < -0.4 is 5.43 Å². The van der Waals surface area contributed by atoms with Gasteiger partial charge in [0.1, 0.15) is 6.54 Å². The van der Waals surface area contributed by atoms with Gasteiger partial charge in [0.05, 0.1) is 11.0 Å². The van der Waals surface area contributed by atoms with Crippen molar-refractivity contribution in [3.8, 4) is 0 Å². The summed E-state index contributed by atoms with van der Waals surface area (Å²) in [5.74, 6) is 0.0773. The third kappa shape index (κ3) is 2.69. The third-order valence-corrected chi connectivity index (χ3v) is 5.66. The lowest BCUT2D eigenvalue weighted by molar-refractivity contribution is -0.132. The second-order valence-electron chi connectivity index (χ2n) is 7.28. The summed E-state index contributed by atoms with van der Waals surface area (Å²) in [5.41, 5.74) is 4.17. The molecule has 0 N–H and O–H groups in total. The van der Waals surface area contributed by atoms with E-state index in [1.165, 1.54) is 11.1 Å². The first-order valence-corrected chi connectivity index (χ1v) is 9.57. The summed E-state index contributed by atoms with van der Waals surface area (Å²) >= 11 is 0. The van der Waals surface area contributed by atoms with E-state index in [9.17, 15) is 9.59 Å². The number of amides is 1. The fourth-order valence-electron chi connectivity index (χ4n) is 4.19. The molecule has 1 aliphatic heterocycles. The van der Waals surface area contributed by atoms with Gasteiger partial charge in [0.2, 0.25) is 5.91 Å². The van der Waals surface area contributed by atoms with E-state index in [2.05, 4.69) is 18.2 Å². The van der Waals surface area contributed by atoms with E-state index >= 15 is 0 Å². The summed E-state index contributed by atoms with van der Waals surface area (Å²) in [4.78, 5) is 28.0. The SMILES string of the molecule is O=C(Cn1c2ccccc2c(=O)c2ccccc21)N1CCc2ccccc2C1. The van der Waals surface area contributed by atoms with Crippen LogP contribution in [0.3, 0.4) is 0 Å². The van der Waals surface area contributed by atoms with Crippen LogP contribution in [0.15, 0.2) is 77.6 Å². The molecule has 4 nitrogen and oxygen atoms in total. The van der Waals surface area contributed by atoms with Gasteiger partial charge >= 0.3 is 0 Å². The van der Waals surface area contributed by atoms with Crippen molar-refractivity contribution in [1.29, 1.82) is 0 Å². The number of para-hydroxylation sites is 2. The number of carbonyl (C=O) groups excluding carboxylic acids is 1. The number of fused-ring (bicyclic) bond motifs is 3. The Morgan fingerprint density at radius 1 is 0.786 bits per heavy atom. The number of benzene rings is 3. The van der Waals surface area contributed by atoms with Crippen LogP contribution in [0.5, 0.6) is 0 Å². The Morgan fingerprint density at radius 2 is 1.36 bits per heavy atom. The second kappa shape index (κ2) is 6.64. The minimum Gasteiger partial charge on any atom is -0.336 e. The molecule has 5 rings (SSSR count). The van der Waals surface area contributed by atoms with Gasteiger partial charge < -0.3 is 9.47 Å². The van der Waals surface area contributed by atoms with Crippen LogP contribution in [0.25, 0.3) is 21.8 Å². The topological polar surface area (TPSA) is 42.3 Å². The van der Waals surface area contributed by atoms with Gasteiger partial charge in [-0.15, -0.1) is 0 Å². The minimum atomic E-state index is 0.0156. The molecule has 28 heavy (non-hydrogen) atoms. The van der Waals surface area contributed by atoms with Crippen LogP contribution in [-0.2, 0) is 24.3 Å². The molecular weight excluding hydrogens is 348 g/mol. The molecule has 0 radical (unpaired) electrons. The molecule has 0 spiro atoms. The highest BCUT2D eigenvalue weighted by atomic mass is 16.2. The zero-order valence-corrected chi connectivity index (χ0v) is 15.5. The van der Waals surface area contributed by atoms with Crippen LogP contribution in [0.2, 0.25) is 0 Å². The molecule has 0 unspecified atom stereocenters. The molecule has 1 aliphatic rings. The molecule has 2 heterocycles. The zero-order chi connectivity index (χ0) is 19.1. The third-order valence-electron chi connectivity index (χ3n) is 5.66. The molecule has 1 aromatic heterocycles. The first kappa shape index (κ1) is 16.8. The Labute approximate surface area is 162 Å². The van der Waals surface area contributed by atoms with Crippen molar-refractivity contribution in [3.05, 3.63) is 94.1 Å². The van der Waals surface area contributed by atoms with Gasteiger partial charge in [-0.2, -0.15) is 0 Å². The predicted molar refractivity (Wildman–Crippen MR) is 111 cm³/mol. The lowest BCUT2D eigenvalue weighted by Crippen LogP contribution is -2.38. The highest BCUT2D eigenvalue weighted by molar-refractivity contribution is 5.94. The molecule has 0 saturated carbocycles. The molecule has 0 aliphatic carbocycles. The summed E-state index contributed by atoms with van der Waals surface area (Å²) in [6, 6.07) is 23.4. The van der Waals surface area contributed by atoms with Gasteiger partial charge in [-0.05, 0) is 41.8 Å². The lowest BCUT2D eigenvalue weighted by atomic mass is 10.00. The smallest absolute Gasteiger partial charge is 0.242 e. The van der Waals surface area contributed by atoms with Gasteiger partial charge in [0, 0.05) is 23.9 Å². The molecule has 1 amide bonds. The molecular formula is C24H20N2O2. The number of hydrogen-bond acceptors (Lipinski definition) is 2. The Kier molecular flexibility index (Phi) is 3.97. The standard InChI is InChI=1S/C24H20N2O2/c27-23(25-14-13-17-7-1-2-8-18(17)15-25)16-26-21-11-5-3-9-19(21)24(28)20-10-4-6-12-22(20)26/h1-12H,13-16H2. The fourth-order valence-corrected chi connectivity index (χ4v) is 4.19. The van der Waals surface area contributed by atoms with Crippen molar-refractivity contribution in [3.63, 3.8) is 0 Å². The average molecular weight is 368 g/mol. The summed E-state index contributed by atoms with van der Waals surface area (Å²) in [7, 11) is 0. The quantitative estimate of drug-likeness (QED) is 0.506. The molecule has 0 fully saturated rings. The number of hydrogen-bond donors (Lipinski definition) is 0. The fraction of sp³-hybridized carbons (Fsp3) is 0.167. The lowest BCUT2D eigenvalue weighted by Gasteiger charge is -2.29. The number of pyridine rings is 1. The molecule has 4 aromatic rings. The highest BCUT2D eigenvalue weighted by Gasteiger charge is 2.21. The highest BCUT2D eigenvalue weighted by Crippen LogP contribution is 2.22. The molecule has 0 saturated heterocycles. The van der Waals surface area contributed by atoms with Crippen LogP contribution in [-0.4, -0.2) is 21.9 Å². The van der Waals surface area contributed by atoms with E-state index in [0.29, 0.717) is 17.3 Å². The van der Waals surface area contributed by atoms with Gasteiger partial charge in [-0.25, -0.2) is 0 Å². The number of carbonyl (C=O) groups is 1. The molecule has 0 atom stereocenters. The van der Waals surface area contributed by atoms with E-state index < -0.39 is 0 Å². The predicted octanol–water partition coefficient (Wildman–Crippen LogP) is 3.74. The molecule has 3 aromatic carbocycles. The van der Waals surface area contributed by atoms with Crippen molar-refractivity contribution in [2.45, 2.75) is 19.5 Å². The van der Waals surface area contributed by atoms with E-state index in [1.807, 2.05) is 64.1 Å². The first-order chi connectivity index (χ1) is 13.7. The maximum absolute atomic E-state index is 13.2. The van der Waals surface area contributed by atoms with Crippen molar-refractivity contribution < 1.29 is 4.79 Å². The summed E-state index contributed by atoms with van der Waals surface area (Å²) in [6.07, 6.45) is 0.883. The van der Waals surface area contributed by atoms with Crippen LogP contribution in [0.4, 0.5) is 0 Å². The van der Waals surface area contributed by atoms with Crippen LogP contribution in [0, 0.1) is 0 Å². The molecule has 4 heteroatoms. The van der Waals surface area contributed by atoms with E-state index in [0.717, 1.165) is 24.0 Å². The van der Waals surface area contributed by atoms with Crippen molar-refractivity contribution in [1.82, 2.24) is 9.47 Å². The first-order valence-electron chi connectivity index (χ1n) is 9.57. The van der Waals surface area contributed by atoms with E-state index in [4.69, 9.17) is 0 Å². The normalized spacial score (nSPS) is 13.6. The van der Waals surface area contributed by atoms with Crippen molar-refractivity contribution >= 4 is 27.7 Å². The Hall–Kier alpha value is -3.40. The molecule has 0 bridgehead atoms. The number of rotatable bonds is 2. The second-order valence-corrected chi connectivity index (χ2v) is 7.28. The number of nitrogens with zero attached hydrogens (tertiary/aromatic N) is 2. The Morgan fingerprint density at radius 3 is 2.04 bits per heavy atom. The van der Waals surface area contributed by atoms with Gasteiger partial charge in [0.25, 0.3) is 0 Å². The van der Waals surface area contributed by atoms with Crippen molar-refractivity contribution in [2.24, 2.45) is 0 Å². The largest absolute Gasteiger partial charge is 0.336 e. The maximum Gasteiger partial charge on any atom is 0.242 e. The Balaban J connectivity index is 1.57. The summed E-state index contributed by atoms with van der Waals surface area (Å²) < 4.78 is 1.98. The van der Waals surface area contributed by atoms with E-state index in [-0.39, 0.29) is 17.9 Å². The zero-order valence-electron chi connectivity index (χ0n) is 15.5. The summed E-state index contributed by atoms with van der Waals surface area (Å²) in [5, 5.41) is 1.30. The van der Waals surface area contributed by atoms with Gasteiger partial charge in [0.15, 0.2) is 5.43 Å². The van der Waals surface area contributed by atoms with Gasteiger partial charge in [-0.3, -0.25) is 9.59 Å². The van der Waals surface area contributed by atoms with Crippen LogP contribution in [0.1, 0.15) is 11.1 Å². The van der Waals surface area contributed by atoms with Crippen molar-refractivity contribution in [2.75, 3.05) is 6.54 Å². The summed E-state index contributed by atoms with van der Waals surface area (Å²) in [6.45, 7) is 1.60. The average Bonchev–Trinajstić information content (AvgIpc) is 2.76. The van der Waals surface area contributed by atoms with E-state index in [1.54, 1.807) is 0 Å².